The van der Waals surface area contributed by atoms with Crippen LogP contribution in [-0.4, -0.2) is 31.2 Å². The molecule has 1 aliphatic heterocycles. The third kappa shape index (κ3) is 4.70. The van der Waals surface area contributed by atoms with Crippen LogP contribution in [-0.2, 0) is 0 Å². The first-order valence-corrected chi connectivity index (χ1v) is 8.17. The summed E-state index contributed by atoms with van der Waals surface area (Å²) in [5, 5.41) is 11.0. The molecule has 1 aliphatic rings. The SMILES string of the molecule is Cc1ccc(OCCC[NH+]2C[C@@H](C)C[C@H](C)C2)c([N+](=O)[O-])c1. The van der Waals surface area contributed by atoms with Crippen molar-refractivity contribution in [3.63, 3.8) is 0 Å². The molecule has 1 aromatic carbocycles. The topological polar surface area (TPSA) is 56.8 Å². The van der Waals surface area contributed by atoms with Crippen LogP contribution in [0.1, 0.15) is 32.3 Å². The third-order valence-electron chi connectivity index (χ3n) is 4.32. The van der Waals surface area contributed by atoms with E-state index in [9.17, 15) is 10.1 Å². The molecule has 5 heteroatoms. The fourth-order valence-electron chi connectivity index (χ4n) is 3.52. The van der Waals surface area contributed by atoms with Crippen LogP contribution >= 0.6 is 0 Å². The molecule has 0 aliphatic carbocycles. The van der Waals surface area contributed by atoms with E-state index in [1.165, 1.54) is 19.5 Å². The van der Waals surface area contributed by atoms with Crippen LogP contribution in [0.5, 0.6) is 5.75 Å². The van der Waals surface area contributed by atoms with Crippen LogP contribution in [0.4, 0.5) is 5.69 Å². The highest BCUT2D eigenvalue weighted by Crippen LogP contribution is 2.27. The largest absolute Gasteiger partial charge is 0.487 e. The van der Waals surface area contributed by atoms with E-state index < -0.39 is 0 Å². The molecule has 0 aromatic heterocycles. The Labute approximate surface area is 132 Å². The molecule has 122 valence electrons. The van der Waals surface area contributed by atoms with Crippen molar-refractivity contribution in [2.45, 2.75) is 33.6 Å². The van der Waals surface area contributed by atoms with Gasteiger partial charge in [-0.25, -0.2) is 0 Å². The van der Waals surface area contributed by atoms with E-state index in [-0.39, 0.29) is 10.6 Å². The number of aryl methyl sites for hydroxylation is 1. The maximum Gasteiger partial charge on any atom is 0.311 e. The van der Waals surface area contributed by atoms with E-state index in [2.05, 4.69) is 13.8 Å². The van der Waals surface area contributed by atoms with Crippen molar-refractivity contribution >= 4 is 5.69 Å². The zero-order valence-corrected chi connectivity index (χ0v) is 13.8. The summed E-state index contributed by atoms with van der Waals surface area (Å²) < 4.78 is 5.64. The summed E-state index contributed by atoms with van der Waals surface area (Å²) >= 11 is 0. The molecule has 0 amide bonds. The van der Waals surface area contributed by atoms with Gasteiger partial charge in [-0.1, -0.05) is 19.9 Å². The van der Waals surface area contributed by atoms with Gasteiger partial charge >= 0.3 is 5.69 Å². The third-order valence-corrected chi connectivity index (χ3v) is 4.32. The molecule has 2 rings (SSSR count). The van der Waals surface area contributed by atoms with E-state index in [4.69, 9.17) is 4.74 Å². The van der Waals surface area contributed by atoms with Gasteiger partial charge < -0.3 is 9.64 Å². The van der Waals surface area contributed by atoms with Crippen LogP contribution in [0.3, 0.4) is 0 Å². The van der Waals surface area contributed by atoms with Crippen molar-refractivity contribution < 1.29 is 14.6 Å². The number of nitro benzene ring substituents is 1. The average molecular weight is 307 g/mol. The summed E-state index contributed by atoms with van der Waals surface area (Å²) in [6, 6.07) is 5.11. The Morgan fingerprint density at radius 1 is 1.32 bits per heavy atom. The lowest BCUT2D eigenvalue weighted by molar-refractivity contribution is -0.912. The number of hydrogen-bond acceptors (Lipinski definition) is 3. The molecule has 1 saturated heterocycles. The minimum absolute atomic E-state index is 0.0626. The van der Waals surface area contributed by atoms with Gasteiger partial charge in [0.25, 0.3) is 0 Å². The molecule has 0 bridgehead atoms. The van der Waals surface area contributed by atoms with Gasteiger partial charge in [-0.2, -0.15) is 0 Å². The Hall–Kier alpha value is -1.62. The van der Waals surface area contributed by atoms with Gasteiger partial charge in [-0.3, -0.25) is 10.1 Å². The predicted octanol–water partition coefficient (Wildman–Crippen LogP) is 2.23. The molecule has 1 N–H and O–H groups in total. The number of nitrogens with zero attached hydrogens (tertiary/aromatic N) is 1. The first-order valence-electron chi connectivity index (χ1n) is 8.17. The van der Waals surface area contributed by atoms with Crippen LogP contribution in [0.15, 0.2) is 18.2 Å². The molecular formula is C17H27N2O3+. The fraction of sp³-hybridized carbons (Fsp3) is 0.647. The van der Waals surface area contributed by atoms with Crippen molar-refractivity contribution in [2.75, 3.05) is 26.2 Å². The Balaban J connectivity index is 1.80. The molecular weight excluding hydrogens is 280 g/mol. The molecule has 0 unspecified atom stereocenters. The van der Waals surface area contributed by atoms with Crippen LogP contribution in [0.2, 0.25) is 0 Å². The minimum Gasteiger partial charge on any atom is -0.487 e. The van der Waals surface area contributed by atoms with Crippen molar-refractivity contribution in [3.05, 3.63) is 33.9 Å². The summed E-state index contributed by atoms with van der Waals surface area (Å²) in [4.78, 5) is 12.3. The summed E-state index contributed by atoms with van der Waals surface area (Å²) in [5.41, 5.74) is 0.937. The van der Waals surface area contributed by atoms with Crippen molar-refractivity contribution in [1.82, 2.24) is 0 Å². The van der Waals surface area contributed by atoms with E-state index in [1.54, 1.807) is 17.0 Å². The molecule has 0 radical (unpaired) electrons. The maximum absolute atomic E-state index is 11.0. The highest BCUT2D eigenvalue weighted by atomic mass is 16.6. The standard InChI is InChI=1S/C17H26N2O3/c1-13-5-6-17(16(10-13)19(20)21)22-8-4-7-18-11-14(2)9-15(3)12-18/h5-6,10,14-15H,4,7-9,11-12H2,1-3H3/p+1/t14-,15-/m0/s1. The molecule has 0 spiro atoms. The second-order valence-corrected chi connectivity index (χ2v) is 6.78. The fourth-order valence-corrected chi connectivity index (χ4v) is 3.52. The smallest absolute Gasteiger partial charge is 0.311 e. The molecule has 5 nitrogen and oxygen atoms in total. The summed E-state index contributed by atoms with van der Waals surface area (Å²) in [6.45, 7) is 10.6. The maximum atomic E-state index is 11.0. The van der Waals surface area contributed by atoms with Gasteiger partial charge in [-0.15, -0.1) is 0 Å². The number of likely N-dealkylation sites (tertiary alicyclic amines) is 1. The lowest BCUT2D eigenvalue weighted by atomic mass is 9.92. The molecule has 1 heterocycles. The normalized spacial score (nSPS) is 25.0. The van der Waals surface area contributed by atoms with Crippen molar-refractivity contribution in [3.8, 4) is 5.75 Å². The first kappa shape index (κ1) is 16.7. The van der Waals surface area contributed by atoms with Crippen molar-refractivity contribution in [2.24, 2.45) is 11.8 Å². The van der Waals surface area contributed by atoms with E-state index in [0.29, 0.717) is 12.4 Å². The van der Waals surface area contributed by atoms with E-state index in [1.807, 2.05) is 13.0 Å². The Morgan fingerprint density at radius 3 is 2.64 bits per heavy atom. The van der Waals surface area contributed by atoms with Gasteiger partial charge in [0.15, 0.2) is 5.75 Å². The monoisotopic (exact) mass is 307 g/mol. The van der Waals surface area contributed by atoms with E-state index in [0.717, 1.165) is 30.4 Å². The predicted molar refractivity (Wildman–Crippen MR) is 86.5 cm³/mol. The summed E-state index contributed by atoms with van der Waals surface area (Å²) in [6.07, 6.45) is 2.26. The molecule has 22 heavy (non-hydrogen) atoms. The van der Waals surface area contributed by atoms with Gasteiger partial charge in [0.1, 0.15) is 0 Å². The molecule has 2 atom stereocenters. The number of quaternary nitrogens is 1. The lowest BCUT2D eigenvalue weighted by Crippen LogP contribution is -3.14. The summed E-state index contributed by atoms with van der Waals surface area (Å²) in [5.74, 6) is 1.96. The zero-order valence-electron chi connectivity index (χ0n) is 13.8. The second kappa shape index (κ2) is 7.58. The highest BCUT2D eigenvalue weighted by molar-refractivity contribution is 5.48. The number of nitrogens with one attached hydrogen (secondary N) is 1. The minimum atomic E-state index is -0.373. The zero-order chi connectivity index (χ0) is 16.1. The van der Waals surface area contributed by atoms with Gasteiger partial charge in [0, 0.05) is 24.3 Å². The van der Waals surface area contributed by atoms with Crippen molar-refractivity contribution in [1.29, 1.82) is 0 Å². The van der Waals surface area contributed by atoms with Crippen LogP contribution in [0, 0.1) is 28.9 Å². The first-order chi connectivity index (χ1) is 10.5. The van der Waals surface area contributed by atoms with Gasteiger partial charge in [0.05, 0.1) is 31.2 Å². The second-order valence-electron chi connectivity index (χ2n) is 6.78. The highest BCUT2D eigenvalue weighted by Gasteiger charge is 2.24. The number of rotatable bonds is 6. The number of nitro groups is 1. The molecule has 1 fully saturated rings. The quantitative estimate of drug-likeness (QED) is 0.498. The van der Waals surface area contributed by atoms with Gasteiger partial charge in [0.2, 0.25) is 0 Å². The van der Waals surface area contributed by atoms with Gasteiger partial charge in [-0.05, 0) is 25.0 Å². The Morgan fingerprint density at radius 2 is 2.00 bits per heavy atom. The Bertz CT molecular complexity index is 509. The Kier molecular flexibility index (Phi) is 5.77. The van der Waals surface area contributed by atoms with E-state index >= 15 is 0 Å². The number of hydrogen-bond donors (Lipinski definition) is 1. The molecule has 1 aromatic rings. The number of benzene rings is 1. The van der Waals surface area contributed by atoms with Crippen LogP contribution < -0.4 is 9.64 Å². The van der Waals surface area contributed by atoms with Crippen LogP contribution in [0.25, 0.3) is 0 Å². The average Bonchev–Trinajstić information content (AvgIpc) is 2.43. The lowest BCUT2D eigenvalue weighted by Gasteiger charge is -2.31. The number of ether oxygens (including phenoxy) is 1. The number of piperidine rings is 1. The summed E-state index contributed by atoms with van der Waals surface area (Å²) in [7, 11) is 0. The molecule has 0 saturated carbocycles.